The lowest BCUT2D eigenvalue weighted by atomic mass is 10.1. The second kappa shape index (κ2) is 5.30. The Balaban J connectivity index is 2.07. The molecule has 0 saturated carbocycles. The molecular formula is C12H13F3N2O3S. The fraction of sp³-hybridized carbons (Fsp3) is 0.417. The number of carbonyl (C=O) groups excluding carboxylic acids is 1. The van der Waals surface area contributed by atoms with Crippen LogP contribution in [0.4, 0.5) is 13.2 Å². The third-order valence-electron chi connectivity index (χ3n) is 3.30. The van der Waals surface area contributed by atoms with E-state index in [-0.39, 0.29) is 25.4 Å². The number of primary sulfonamides is 1. The number of sulfonamides is 1. The topological polar surface area (TPSA) is 80.5 Å². The van der Waals surface area contributed by atoms with Crippen molar-refractivity contribution < 1.29 is 26.4 Å². The molecule has 2 rings (SSSR count). The van der Waals surface area contributed by atoms with Gasteiger partial charge >= 0.3 is 6.18 Å². The standard InChI is InChI=1S/C12H13F3N2O3S/c13-12(14,15)9-3-1-8(2-4-9)6-17-7-10(5-11(17)18)21(16,19)20/h1-4,10H,5-7H2,(H2,16,19,20). The van der Waals surface area contributed by atoms with Gasteiger partial charge in [0.05, 0.1) is 5.56 Å². The summed E-state index contributed by atoms with van der Waals surface area (Å²) in [7, 11) is -3.80. The van der Waals surface area contributed by atoms with Gasteiger partial charge in [0.2, 0.25) is 15.9 Å². The summed E-state index contributed by atoms with van der Waals surface area (Å²) in [6.45, 7) is 0.0156. The lowest BCUT2D eigenvalue weighted by Gasteiger charge is -2.16. The number of hydrogen-bond acceptors (Lipinski definition) is 3. The SMILES string of the molecule is NS(=O)(=O)C1CC(=O)N(Cc2ccc(C(F)(F)F)cc2)C1. The zero-order valence-electron chi connectivity index (χ0n) is 10.8. The summed E-state index contributed by atoms with van der Waals surface area (Å²) in [4.78, 5) is 13.0. The zero-order valence-corrected chi connectivity index (χ0v) is 11.6. The van der Waals surface area contributed by atoms with Gasteiger partial charge in [0.1, 0.15) is 5.25 Å². The minimum atomic E-state index is -4.42. The van der Waals surface area contributed by atoms with Crippen molar-refractivity contribution in [2.75, 3.05) is 6.54 Å². The molecule has 1 aromatic carbocycles. The molecule has 1 heterocycles. The molecular weight excluding hydrogens is 309 g/mol. The van der Waals surface area contributed by atoms with Gasteiger partial charge in [-0.2, -0.15) is 13.2 Å². The van der Waals surface area contributed by atoms with Crippen molar-refractivity contribution >= 4 is 15.9 Å². The van der Waals surface area contributed by atoms with Crippen molar-refractivity contribution in [2.45, 2.75) is 24.4 Å². The molecule has 0 bridgehead atoms. The highest BCUT2D eigenvalue weighted by Gasteiger charge is 2.36. The zero-order chi connectivity index (χ0) is 15.8. The number of likely N-dealkylation sites (tertiary alicyclic amines) is 1. The largest absolute Gasteiger partial charge is 0.416 e. The van der Waals surface area contributed by atoms with Crippen LogP contribution in [0.1, 0.15) is 17.5 Å². The summed E-state index contributed by atoms with van der Waals surface area (Å²) in [5, 5.41) is 4.04. The second-order valence-electron chi connectivity index (χ2n) is 4.88. The summed E-state index contributed by atoms with van der Waals surface area (Å²) in [5.41, 5.74) is -0.284. The average Bonchev–Trinajstić information content (AvgIpc) is 2.70. The molecule has 5 nitrogen and oxygen atoms in total. The smallest absolute Gasteiger partial charge is 0.337 e. The molecule has 0 spiro atoms. The number of nitrogens with two attached hydrogens (primary N) is 1. The number of amides is 1. The van der Waals surface area contributed by atoms with E-state index in [9.17, 15) is 26.4 Å². The Kier molecular flexibility index (Phi) is 3.98. The Hall–Kier alpha value is -1.61. The van der Waals surface area contributed by atoms with E-state index in [2.05, 4.69) is 0 Å². The fourth-order valence-corrected chi connectivity index (χ4v) is 2.89. The second-order valence-corrected chi connectivity index (χ2v) is 6.73. The molecule has 1 aromatic rings. The van der Waals surface area contributed by atoms with Gasteiger partial charge in [0, 0.05) is 19.5 Å². The van der Waals surface area contributed by atoms with Gasteiger partial charge in [-0.1, -0.05) is 12.1 Å². The minimum absolute atomic E-state index is 0.0430. The van der Waals surface area contributed by atoms with Crippen LogP contribution in [0.3, 0.4) is 0 Å². The Morgan fingerprint density at radius 3 is 2.24 bits per heavy atom. The molecule has 0 radical (unpaired) electrons. The number of halogens is 3. The molecule has 1 aliphatic rings. The number of hydrogen-bond donors (Lipinski definition) is 1. The predicted octanol–water partition coefficient (Wildman–Crippen LogP) is 1.09. The van der Waals surface area contributed by atoms with Gasteiger partial charge in [0.25, 0.3) is 0 Å². The number of benzene rings is 1. The van der Waals surface area contributed by atoms with Crippen molar-refractivity contribution in [3.05, 3.63) is 35.4 Å². The number of alkyl halides is 3. The van der Waals surface area contributed by atoms with Crippen molar-refractivity contribution in [3.8, 4) is 0 Å². The first kappa shape index (κ1) is 15.8. The Morgan fingerprint density at radius 2 is 1.81 bits per heavy atom. The molecule has 1 saturated heterocycles. The van der Waals surface area contributed by atoms with Crippen LogP contribution in [0.15, 0.2) is 24.3 Å². The average molecular weight is 322 g/mol. The van der Waals surface area contributed by atoms with Gasteiger partial charge in [-0.05, 0) is 17.7 Å². The summed E-state index contributed by atoms with van der Waals surface area (Å²) in [6, 6.07) is 4.38. The number of rotatable bonds is 3. The van der Waals surface area contributed by atoms with Gasteiger partial charge in [-0.3, -0.25) is 4.79 Å². The van der Waals surface area contributed by atoms with Crippen LogP contribution in [0.5, 0.6) is 0 Å². The van der Waals surface area contributed by atoms with E-state index in [1.165, 1.54) is 17.0 Å². The number of carbonyl (C=O) groups is 1. The van der Waals surface area contributed by atoms with E-state index < -0.39 is 27.0 Å². The van der Waals surface area contributed by atoms with Crippen LogP contribution >= 0.6 is 0 Å². The van der Waals surface area contributed by atoms with E-state index in [0.29, 0.717) is 5.56 Å². The van der Waals surface area contributed by atoms with Crippen molar-refractivity contribution in [2.24, 2.45) is 5.14 Å². The molecule has 0 aliphatic carbocycles. The highest BCUT2D eigenvalue weighted by Crippen LogP contribution is 2.29. The third kappa shape index (κ3) is 3.73. The Labute approximate surface area is 119 Å². The van der Waals surface area contributed by atoms with Crippen LogP contribution in [-0.2, 0) is 27.5 Å². The lowest BCUT2D eigenvalue weighted by Crippen LogP contribution is -2.31. The molecule has 1 atom stereocenters. The summed E-state index contributed by atoms with van der Waals surface area (Å²) in [6.07, 6.45) is -4.61. The summed E-state index contributed by atoms with van der Waals surface area (Å²) in [5.74, 6) is -0.381. The normalized spacial score (nSPS) is 20.1. The van der Waals surface area contributed by atoms with Crippen molar-refractivity contribution in [1.29, 1.82) is 0 Å². The van der Waals surface area contributed by atoms with Crippen molar-refractivity contribution in [1.82, 2.24) is 4.90 Å². The highest BCUT2D eigenvalue weighted by molar-refractivity contribution is 7.89. The molecule has 116 valence electrons. The van der Waals surface area contributed by atoms with Crippen LogP contribution in [0.25, 0.3) is 0 Å². The first-order chi connectivity index (χ1) is 9.57. The number of nitrogens with zero attached hydrogens (tertiary/aromatic N) is 1. The highest BCUT2D eigenvalue weighted by atomic mass is 32.2. The van der Waals surface area contributed by atoms with E-state index in [1.54, 1.807) is 0 Å². The first-order valence-corrected chi connectivity index (χ1v) is 7.64. The van der Waals surface area contributed by atoms with Gasteiger partial charge in [-0.15, -0.1) is 0 Å². The van der Waals surface area contributed by atoms with Gasteiger partial charge in [0.15, 0.2) is 0 Å². The maximum atomic E-state index is 12.4. The molecule has 0 aromatic heterocycles. The van der Waals surface area contributed by atoms with E-state index >= 15 is 0 Å². The fourth-order valence-electron chi connectivity index (χ4n) is 2.13. The molecule has 1 amide bonds. The Morgan fingerprint density at radius 1 is 1.24 bits per heavy atom. The summed E-state index contributed by atoms with van der Waals surface area (Å²) >= 11 is 0. The first-order valence-electron chi connectivity index (χ1n) is 6.03. The van der Waals surface area contributed by atoms with Crippen molar-refractivity contribution in [3.63, 3.8) is 0 Å². The summed E-state index contributed by atoms with van der Waals surface area (Å²) < 4.78 is 59.7. The van der Waals surface area contributed by atoms with Crippen LogP contribution in [-0.4, -0.2) is 31.0 Å². The molecule has 1 unspecified atom stereocenters. The quantitative estimate of drug-likeness (QED) is 0.905. The monoisotopic (exact) mass is 322 g/mol. The molecule has 1 fully saturated rings. The minimum Gasteiger partial charge on any atom is -0.337 e. The molecule has 1 aliphatic heterocycles. The third-order valence-corrected chi connectivity index (χ3v) is 4.54. The molecule has 9 heteroatoms. The maximum absolute atomic E-state index is 12.4. The lowest BCUT2D eigenvalue weighted by molar-refractivity contribution is -0.137. The van der Waals surface area contributed by atoms with Gasteiger partial charge < -0.3 is 4.90 Å². The molecule has 21 heavy (non-hydrogen) atoms. The van der Waals surface area contributed by atoms with Gasteiger partial charge in [-0.25, -0.2) is 13.6 Å². The van der Waals surface area contributed by atoms with Crippen LogP contribution in [0.2, 0.25) is 0 Å². The van der Waals surface area contributed by atoms with Crippen LogP contribution < -0.4 is 5.14 Å². The maximum Gasteiger partial charge on any atom is 0.416 e. The van der Waals surface area contributed by atoms with E-state index in [0.717, 1.165) is 12.1 Å². The molecule has 2 N–H and O–H groups in total. The van der Waals surface area contributed by atoms with E-state index in [4.69, 9.17) is 5.14 Å². The van der Waals surface area contributed by atoms with Crippen LogP contribution in [0, 0.1) is 0 Å². The Bertz CT molecular complexity index is 641. The van der Waals surface area contributed by atoms with E-state index in [1.807, 2.05) is 0 Å². The predicted molar refractivity (Wildman–Crippen MR) is 68.4 cm³/mol.